The van der Waals surface area contributed by atoms with E-state index in [1.54, 1.807) is 24.3 Å². The van der Waals surface area contributed by atoms with Gasteiger partial charge in [-0.2, -0.15) is 0 Å². The van der Waals surface area contributed by atoms with Crippen molar-refractivity contribution in [2.24, 2.45) is 0 Å². The maximum absolute atomic E-state index is 11.8. The quantitative estimate of drug-likeness (QED) is 0.460. The molecule has 0 aromatic heterocycles. The Balaban J connectivity index is 2.42. The third-order valence-electron chi connectivity index (χ3n) is 3.94. The van der Waals surface area contributed by atoms with Gasteiger partial charge in [-0.25, -0.2) is 0 Å². The number of carbonyl (C=O) groups is 4. The first-order valence-corrected chi connectivity index (χ1v) is 10.1. The number of esters is 4. The molecule has 0 N–H and O–H groups in total. The molecule has 0 radical (unpaired) electrons. The summed E-state index contributed by atoms with van der Waals surface area (Å²) in [5.41, 5.74) is -0.826. The van der Waals surface area contributed by atoms with Crippen LogP contribution in [0.5, 0.6) is 5.75 Å². The van der Waals surface area contributed by atoms with Gasteiger partial charge >= 0.3 is 23.9 Å². The summed E-state index contributed by atoms with van der Waals surface area (Å²) in [6, 6.07) is 8.78. The molecule has 1 fully saturated rings. The van der Waals surface area contributed by atoms with Crippen molar-refractivity contribution in [3.05, 3.63) is 30.3 Å². The van der Waals surface area contributed by atoms with Gasteiger partial charge in [-0.05, 0) is 12.1 Å². The molecule has 0 amide bonds. The number of ether oxygens (including phenoxy) is 5. The lowest BCUT2D eigenvalue weighted by Gasteiger charge is -2.43. The van der Waals surface area contributed by atoms with Crippen LogP contribution in [0.1, 0.15) is 27.7 Å². The van der Waals surface area contributed by atoms with Crippen LogP contribution in [0.15, 0.2) is 30.3 Å². The second-order valence-corrected chi connectivity index (χ2v) is 7.84. The minimum atomic E-state index is -1.16. The van der Waals surface area contributed by atoms with Gasteiger partial charge in [0.1, 0.15) is 12.4 Å². The zero-order chi connectivity index (χ0) is 22.3. The Kier molecular flexibility index (Phi) is 8.52. The molecule has 9 nitrogen and oxygen atoms in total. The maximum Gasteiger partial charge on any atom is 0.303 e. The zero-order valence-corrected chi connectivity index (χ0v) is 17.9. The molecular formula is C20H24O9S. The van der Waals surface area contributed by atoms with Gasteiger partial charge < -0.3 is 23.7 Å². The molecule has 1 aliphatic heterocycles. The van der Waals surface area contributed by atoms with Crippen LogP contribution in [0.25, 0.3) is 0 Å². The zero-order valence-electron chi connectivity index (χ0n) is 17.1. The summed E-state index contributed by atoms with van der Waals surface area (Å²) in [4.78, 5) is 46.6. The Hall–Kier alpha value is -2.75. The second-order valence-electron chi connectivity index (χ2n) is 6.50. The van der Waals surface area contributed by atoms with Crippen molar-refractivity contribution >= 4 is 35.6 Å². The highest BCUT2D eigenvalue weighted by Gasteiger charge is 2.52. The van der Waals surface area contributed by atoms with E-state index in [9.17, 15) is 19.2 Å². The van der Waals surface area contributed by atoms with Gasteiger partial charge in [-0.3, -0.25) is 19.2 Å². The fourth-order valence-electron chi connectivity index (χ4n) is 2.92. The normalized spacial score (nSPS) is 25.5. The summed E-state index contributed by atoms with van der Waals surface area (Å²) < 4.78 is 27.3. The number of thioether (sulfide) groups is 1. The van der Waals surface area contributed by atoms with Crippen molar-refractivity contribution in [1.29, 1.82) is 0 Å². The molecule has 2 rings (SSSR count). The van der Waals surface area contributed by atoms with E-state index in [1.807, 2.05) is 6.07 Å². The number of para-hydroxylation sites is 1. The molecule has 1 aromatic rings. The summed E-state index contributed by atoms with van der Waals surface area (Å²) in [6.07, 6.45) is -3.27. The van der Waals surface area contributed by atoms with Crippen LogP contribution in [0.4, 0.5) is 0 Å². The van der Waals surface area contributed by atoms with E-state index in [1.165, 1.54) is 27.7 Å². The molecule has 0 bridgehead atoms. The van der Waals surface area contributed by atoms with Crippen molar-refractivity contribution in [2.75, 3.05) is 6.61 Å². The maximum atomic E-state index is 11.8. The number of hydrogen-bond acceptors (Lipinski definition) is 10. The smallest absolute Gasteiger partial charge is 0.303 e. The highest BCUT2D eigenvalue weighted by atomic mass is 32.2. The lowest BCUT2D eigenvalue weighted by Crippen LogP contribution is -2.59. The van der Waals surface area contributed by atoms with Gasteiger partial charge in [0.25, 0.3) is 0 Å². The predicted molar refractivity (Wildman–Crippen MR) is 106 cm³/mol. The van der Waals surface area contributed by atoms with Crippen LogP contribution in [0.2, 0.25) is 0 Å². The molecule has 1 aliphatic rings. The van der Waals surface area contributed by atoms with Crippen LogP contribution in [-0.4, -0.2) is 59.5 Å². The molecule has 1 heterocycles. The largest absolute Gasteiger partial charge is 0.476 e. The van der Waals surface area contributed by atoms with E-state index in [2.05, 4.69) is 0 Å². The summed E-state index contributed by atoms with van der Waals surface area (Å²) in [7, 11) is 0. The fraction of sp³-hybridized carbons (Fsp3) is 0.500. The average Bonchev–Trinajstić information content (AvgIpc) is 2.64. The van der Waals surface area contributed by atoms with E-state index in [0.717, 1.165) is 11.8 Å². The van der Waals surface area contributed by atoms with Gasteiger partial charge in [0.2, 0.25) is 0 Å². The van der Waals surface area contributed by atoms with Crippen LogP contribution in [0, 0.1) is 0 Å². The highest BCUT2D eigenvalue weighted by molar-refractivity contribution is 8.00. The summed E-state index contributed by atoms with van der Waals surface area (Å²) >= 11 is 1.15. The predicted octanol–water partition coefficient (Wildman–Crippen LogP) is 1.87. The standard InChI is InChI=1S/C20H24O9S/c1-11(21)25-10-16-17(26-12(2)22)18(27-13(3)23)19(28-14(4)24)20(30-16)29-15-8-6-5-7-9-15/h5-9,16-20H,10H2,1-4H3/t16-,17-,18+,19-,20-/m1/s1. The second kappa shape index (κ2) is 10.9. The Bertz CT molecular complexity index is 767. The first-order chi connectivity index (χ1) is 14.2. The average molecular weight is 440 g/mol. The molecular weight excluding hydrogens is 416 g/mol. The molecule has 30 heavy (non-hydrogen) atoms. The number of rotatable bonds is 7. The molecule has 1 aromatic carbocycles. The minimum absolute atomic E-state index is 0.128. The van der Waals surface area contributed by atoms with Crippen LogP contribution < -0.4 is 4.74 Å². The summed E-state index contributed by atoms with van der Waals surface area (Å²) in [6.45, 7) is 4.72. The van der Waals surface area contributed by atoms with Crippen molar-refractivity contribution in [3.8, 4) is 5.75 Å². The Morgan fingerprint density at radius 1 is 0.767 bits per heavy atom. The first-order valence-electron chi connectivity index (χ1n) is 9.19. The SMILES string of the molecule is CC(=O)OC[C@H]1S[C@@H](Oc2ccccc2)[C@H](OC(C)=O)[C@@H](OC(C)=O)[C@@H]1OC(C)=O. The van der Waals surface area contributed by atoms with Crippen molar-refractivity contribution in [3.63, 3.8) is 0 Å². The molecule has 0 saturated carbocycles. The molecule has 0 aliphatic carbocycles. The topological polar surface area (TPSA) is 114 Å². The van der Waals surface area contributed by atoms with Gasteiger partial charge in [-0.1, -0.05) is 18.2 Å². The molecule has 1 saturated heterocycles. The number of hydrogen-bond donors (Lipinski definition) is 0. The summed E-state index contributed by atoms with van der Waals surface area (Å²) in [5.74, 6) is -1.95. The van der Waals surface area contributed by atoms with Crippen LogP contribution in [-0.2, 0) is 38.1 Å². The van der Waals surface area contributed by atoms with Gasteiger partial charge in [0, 0.05) is 27.7 Å². The lowest BCUT2D eigenvalue weighted by atomic mass is 10.0. The molecule has 0 unspecified atom stereocenters. The van der Waals surface area contributed by atoms with Gasteiger partial charge in [0.15, 0.2) is 23.7 Å². The molecule has 0 spiro atoms. The Morgan fingerprint density at radius 3 is 1.83 bits per heavy atom. The van der Waals surface area contributed by atoms with E-state index in [0.29, 0.717) is 5.75 Å². The van der Waals surface area contributed by atoms with Crippen LogP contribution >= 0.6 is 11.8 Å². The molecule has 10 heteroatoms. The van der Waals surface area contributed by atoms with E-state index >= 15 is 0 Å². The van der Waals surface area contributed by atoms with Gasteiger partial charge in [-0.15, -0.1) is 11.8 Å². The monoisotopic (exact) mass is 440 g/mol. The minimum Gasteiger partial charge on any atom is -0.476 e. The molecule has 5 atom stereocenters. The van der Waals surface area contributed by atoms with Gasteiger partial charge in [0.05, 0.1) is 5.25 Å². The van der Waals surface area contributed by atoms with Crippen LogP contribution in [0.3, 0.4) is 0 Å². The number of carbonyl (C=O) groups excluding carboxylic acids is 4. The van der Waals surface area contributed by atoms with Crippen molar-refractivity contribution in [2.45, 2.75) is 56.7 Å². The highest BCUT2D eigenvalue weighted by Crippen LogP contribution is 2.39. The Labute approximate surface area is 178 Å². The number of benzene rings is 1. The van der Waals surface area contributed by atoms with Crippen molar-refractivity contribution in [1.82, 2.24) is 0 Å². The third-order valence-corrected chi connectivity index (χ3v) is 5.33. The van der Waals surface area contributed by atoms with E-state index in [-0.39, 0.29) is 6.61 Å². The van der Waals surface area contributed by atoms with E-state index in [4.69, 9.17) is 23.7 Å². The molecule has 164 valence electrons. The fourth-order valence-corrected chi connectivity index (χ4v) is 4.31. The van der Waals surface area contributed by atoms with E-state index < -0.39 is 52.9 Å². The lowest BCUT2D eigenvalue weighted by molar-refractivity contribution is -0.190. The Morgan fingerprint density at radius 2 is 1.30 bits per heavy atom. The van der Waals surface area contributed by atoms with Crippen molar-refractivity contribution < 1.29 is 42.9 Å². The summed E-state index contributed by atoms with van der Waals surface area (Å²) in [5, 5.41) is -0.636. The third kappa shape index (κ3) is 6.94. The first kappa shape index (κ1) is 23.5.